The van der Waals surface area contributed by atoms with Crippen LogP contribution in [0.3, 0.4) is 0 Å². The van der Waals surface area contributed by atoms with E-state index in [0.717, 1.165) is 5.69 Å². The summed E-state index contributed by atoms with van der Waals surface area (Å²) in [7, 11) is 0. The Kier molecular flexibility index (Phi) is 4.42. The Balaban J connectivity index is 1.72. The molecule has 0 bridgehead atoms. The summed E-state index contributed by atoms with van der Waals surface area (Å²) in [5.74, 6) is -0.0990. The van der Waals surface area contributed by atoms with Crippen molar-refractivity contribution in [1.29, 1.82) is 0 Å². The van der Waals surface area contributed by atoms with E-state index in [1.54, 1.807) is 18.3 Å². The molecule has 0 saturated carbocycles. The summed E-state index contributed by atoms with van der Waals surface area (Å²) in [4.78, 5) is 12.3. The van der Waals surface area contributed by atoms with Crippen LogP contribution in [-0.2, 0) is 0 Å². The van der Waals surface area contributed by atoms with Crippen molar-refractivity contribution < 1.29 is 9.18 Å². The van der Waals surface area contributed by atoms with E-state index in [9.17, 15) is 9.18 Å². The van der Waals surface area contributed by atoms with Crippen LogP contribution in [-0.4, -0.2) is 15.7 Å². The minimum Gasteiger partial charge on any atom is -0.322 e. The van der Waals surface area contributed by atoms with Crippen molar-refractivity contribution in [3.8, 4) is 5.69 Å². The Hall–Kier alpha value is -2.95. The molecule has 1 heterocycles. The molecule has 0 unspecified atom stereocenters. The number of hydrogen-bond acceptors (Lipinski definition) is 2. The van der Waals surface area contributed by atoms with Gasteiger partial charge in [0.1, 0.15) is 5.82 Å². The van der Waals surface area contributed by atoms with Crippen LogP contribution in [0, 0.1) is 5.82 Å². The lowest BCUT2D eigenvalue weighted by Gasteiger charge is -2.07. The third-order valence-corrected chi connectivity index (χ3v) is 3.77. The summed E-state index contributed by atoms with van der Waals surface area (Å²) in [5, 5.41) is 7.00. The smallest absolute Gasteiger partial charge is 0.258 e. The molecule has 0 radical (unpaired) electrons. The quantitative estimate of drug-likeness (QED) is 0.774. The molecule has 24 heavy (non-hydrogen) atoms. The van der Waals surface area contributed by atoms with Crippen LogP contribution in [0.4, 0.5) is 10.1 Å². The molecule has 0 aliphatic rings. The summed E-state index contributed by atoms with van der Waals surface area (Å²) < 4.78 is 14.5. The predicted molar refractivity (Wildman–Crippen MR) is 92.0 cm³/mol. The van der Waals surface area contributed by atoms with Crippen LogP contribution < -0.4 is 5.32 Å². The van der Waals surface area contributed by atoms with E-state index in [1.165, 1.54) is 28.6 Å². The summed E-state index contributed by atoms with van der Waals surface area (Å²) in [6.45, 7) is 4.24. The topological polar surface area (TPSA) is 46.9 Å². The van der Waals surface area contributed by atoms with Gasteiger partial charge in [-0.15, -0.1) is 0 Å². The lowest BCUT2D eigenvalue weighted by Crippen LogP contribution is -2.11. The molecule has 3 rings (SSSR count). The molecular formula is C19H18FN3O. The highest BCUT2D eigenvalue weighted by Crippen LogP contribution is 2.18. The zero-order chi connectivity index (χ0) is 17.1. The number of carbonyl (C=O) groups excluding carboxylic acids is 1. The SMILES string of the molecule is CC(C)c1ccc(NC(=O)c2cnn(-c3ccc(F)cc3)c2)cc1. The average Bonchev–Trinajstić information content (AvgIpc) is 3.06. The number of nitrogens with zero attached hydrogens (tertiary/aromatic N) is 2. The minimum absolute atomic E-state index is 0.236. The van der Waals surface area contributed by atoms with Crippen molar-refractivity contribution in [2.24, 2.45) is 0 Å². The van der Waals surface area contributed by atoms with Gasteiger partial charge < -0.3 is 5.32 Å². The number of halogens is 1. The van der Waals surface area contributed by atoms with Crippen LogP contribution >= 0.6 is 0 Å². The van der Waals surface area contributed by atoms with Crippen LogP contribution in [0.15, 0.2) is 60.9 Å². The van der Waals surface area contributed by atoms with Crippen molar-refractivity contribution in [1.82, 2.24) is 9.78 Å². The fourth-order valence-corrected chi connectivity index (χ4v) is 2.33. The van der Waals surface area contributed by atoms with E-state index in [0.29, 0.717) is 17.2 Å². The van der Waals surface area contributed by atoms with Crippen molar-refractivity contribution in [2.75, 3.05) is 5.32 Å². The number of benzene rings is 2. The Morgan fingerprint density at radius 2 is 1.75 bits per heavy atom. The predicted octanol–water partition coefficient (Wildman–Crippen LogP) is 4.39. The fraction of sp³-hybridized carbons (Fsp3) is 0.158. The molecule has 0 aliphatic carbocycles. The van der Waals surface area contributed by atoms with Gasteiger partial charge in [0.15, 0.2) is 0 Å². The first kappa shape index (κ1) is 15.9. The van der Waals surface area contributed by atoms with Gasteiger partial charge in [-0.25, -0.2) is 9.07 Å². The largest absolute Gasteiger partial charge is 0.322 e. The third-order valence-electron chi connectivity index (χ3n) is 3.77. The maximum absolute atomic E-state index is 13.0. The first-order chi connectivity index (χ1) is 11.5. The van der Waals surface area contributed by atoms with E-state index >= 15 is 0 Å². The average molecular weight is 323 g/mol. The maximum Gasteiger partial charge on any atom is 0.258 e. The molecule has 1 N–H and O–H groups in total. The second-order valence-electron chi connectivity index (χ2n) is 5.88. The van der Waals surface area contributed by atoms with Gasteiger partial charge in [0.05, 0.1) is 17.4 Å². The molecule has 4 nitrogen and oxygen atoms in total. The highest BCUT2D eigenvalue weighted by atomic mass is 19.1. The molecule has 2 aromatic carbocycles. The summed E-state index contributed by atoms with van der Waals surface area (Å²) >= 11 is 0. The van der Waals surface area contributed by atoms with Gasteiger partial charge >= 0.3 is 0 Å². The zero-order valence-corrected chi connectivity index (χ0v) is 13.5. The Labute approximate surface area is 139 Å². The molecule has 0 aliphatic heterocycles. The Morgan fingerprint density at radius 1 is 1.08 bits per heavy atom. The number of carbonyl (C=O) groups is 1. The lowest BCUT2D eigenvalue weighted by atomic mass is 10.0. The monoisotopic (exact) mass is 323 g/mol. The molecule has 0 fully saturated rings. The van der Waals surface area contributed by atoms with Crippen LogP contribution in [0.2, 0.25) is 0 Å². The summed E-state index contributed by atoms with van der Waals surface area (Å²) in [6.07, 6.45) is 3.10. The van der Waals surface area contributed by atoms with Gasteiger partial charge in [0.2, 0.25) is 0 Å². The van der Waals surface area contributed by atoms with E-state index < -0.39 is 0 Å². The Bertz CT molecular complexity index is 836. The van der Waals surface area contributed by atoms with Gasteiger partial charge in [0, 0.05) is 11.9 Å². The molecule has 0 saturated heterocycles. The molecule has 0 spiro atoms. The molecule has 5 heteroatoms. The third kappa shape index (κ3) is 3.51. The minimum atomic E-state index is -0.311. The zero-order valence-electron chi connectivity index (χ0n) is 13.5. The fourth-order valence-electron chi connectivity index (χ4n) is 2.33. The summed E-state index contributed by atoms with van der Waals surface area (Å²) in [5.41, 5.74) is 3.08. The van der Waals surface area contributed by atoms with Gasteiger partial charge in [-0.2, -0.15) is 5.10 Å². The van der Waals surface area contributed by atoms with Crippen LogP contribution in [0.25, 0.3) is 5.69 Å². The van der Waals surface area contributed by atoms with Gasteiger partial charge in [-0.1, -0.05) is 26.0 Å². The number of rotatable bonds is 4. The maximum atomic E-state index is 13.0. The molecule has 0 atom stereocenters. The standard InChI is InChI=1S/C19H18FN3O/c1-13(2)14-3-7-17(8-4-14)22-19(24)15-11-21-23(12-15)18-9-5-16(20)6-10-18/h3-13H,1-2H3,(H,22,24). The van der Waals surface area contributed by atoms with E-state index in [1.807, 2.05) is 24.3 Å². The van der Waals surface area contributed by atoms with Gasteiger partial charge in [-0.05, 0) is 47.9 Å². The molecule has 1 amide bonds. The lowest BCUT2D eigenvalue weighted by molar-refractivity contribution is 0.102. The number of amides is 1. The van der Waals surface area contributed by atoms with Crippen molar-refractivity contribution in [2.45, 2.75) is 19.8 Å². The van der Waals surface area contributed by atoms with Gasteiger partial charge in [-0.3, -0.25) is 4.79 Å². The second-order valence-corrected chi connectivity index (χ2v) is 5.88. The van der Waals surface area contributed by atoms with Crippen molar-refractivity contribution in [3.63, 3.8) is 0 Å². The molecular weight excluding hydrogens is 305 g/mol. The highest BCUT2D eigenvalue weighted by Gasteiger charge is 2.10. The second kappa shape index (κ2) is 6.66. The molecule has 3 aromatic rings. The number of nitrogens with one attached hydrogen (secondary N) is 1. The van der Waals surface area contributed by atoms with Gasteiger partial charge in [0.25, 0.3) is 5.91 Å². The number of anilines is 1. The molecule has 1 aromatic heterocycles. The number of hydrogen-bond donors (Lipinski definition) is 1. The van der Waals surface area contributed by atoms with Crippen LogP contribution in [0.1, 0.15) is 35.7 Å². The van der Waals surface area contributed by atoms with Crippen molar-refractivity contribution in [3.05, 3.63) is 77.9 Å². The van der Waals surface area contributed by atoms with E-state index in [2.05, 4.69) is 24.3 Å². The normalized spacial score (nSPS) is 10.8. The van der Waals surface area contributed by atoms with Crippen LogP contribution in [0.5, 0.6) is 0 Å². The van der Waals surface area contributed by atoms with Crippen molar-refractivity contribution >= 4 is 11.6 Å². The first-order valence-corrected chi connectivity index (χ1v) is 7.75. The van der Waals surface area contributed by atoms with E-state index in [-0.39, 0.29) is 11.7 Å². The molecule has 122 valence electrons. The Morgan fingerprint density at radius 3 is 2.38 bits per heavy atom. The number of aromatic nitrogens is 2. The summed E-state index contributed by atoms with van der Waals surface area (Å²) in [6, 6.07) is 13.7. The van der Waals surface area contributed by atoms with E-state index in [4.69, 9.17) is 0 Å². The first-order valence-electron chi connectivity index (χ1n) is 7.75. The highest BCUT2D eigenvalue weighted by molar-refractivity contribution is 6.04.